The van der Waals surface area contributed by atoms with E-state index in [0.717, 1.165) is 25.1 Å². The quantitative estimate of drug-likeness (QED) is 0.836. The Morgan fingerprint density at radius 2 is 1.90 bits per heavy atom. The molecule has 122 valence electrons. The molecular weight excluding hydrogens is 264 g/mol. The molecule has 4 heteroatoms. The number of nitrogens with one attached hydrogen (secondary N) is 2. The molecule has 4 nitrogen and oxygen atoms in total. The summed E-state index contributed by atoms with van der Waals surface area (Å²) in [4.78, 5) is 0. The van der Waals surface area contributed by atoms with E-state index in [9.17, 15) is 0 Å². The number of hydrogen-bond acceptors (Lipinski definition) is 4. The molecule has 0 bridgehead atoms. The average Bonchev–Trinajstić information content (AvgIpc) is 2.86. The van der Waals surface area contributed by atoms with Crippen molar-refractivity contribution < 1.29 is 9.47 Å². The molecule has 4 unspecified atom stereocenters. The predicted molar refractivity (Wildman–Crippen MR) is 84.3 cm³/mol. The van der Waals surface area contributed by atoms with Gasteiger partial charge in [0, 0.05) is 18.6 Å². The van der Waals surface area contributed by atoms with E-state index in [1.165, 1.54) is 51.5 Å². The summed E-state index contributed by atoms with van der Waals surface area (Å²) in [6, 6.07) is 1.38. The molecule has 3 rings (SSSR count). The minimum Gasteiger partial charge on any atom is -0.348 e. The number of piperidine rings is 1. The summed E-state index contributed by atoms with van der Waals surface area (Å²) < 4.78 is 11.6. The van der Waals surface area contributed by atoms with Crippen LogP contribution in [-0.2, 0) is 9.47 Å². The van der Waals surface area contributed by atoms with E-state index in [-0.39, 0.29) is 6.10 Å². The normalized spacial score (nSPS) is 40.3. The van der Waals surface area contributed by atoms with Crippen molar-refractivity contribution >= 4 is 0 Å². The molecule has 0 amide bonds. The predicted octanol–water partition coefficient (Wildman–Crippen LogP) is 2.43. The van der Waals surface area contributed by atoms with E-state index < -0.39 is 5.79 Å². The number of hydrogen-bond donors (Lipinski definition) is 2. The first-order valence-corrected chi connectivity index (χ1v) is 8.92. The first kappa shape index (κ1) is 15.7. The number of rotatable bonds is 4. The molecule has 0 radical (unpaired) electrons. The summed E-state index contributed by atoms with van der Waals surface area (Å²) in [5.74, 6) is 0.401. The molecule has 4 atom stereocenters. The summed E-state index contributed by atoms with van der Waals surface area (Å²) in [6.07, 6.45) is 9.78. The van der Waals surface area contributed by atoms with Crippen LogP contribution in [0.5, 0.6) is 0 Å². The first-order chi connectivity index (χ1) is 10.1. The standard InChI is InChI=1S/C17H32N2O2/c1-17(2)20-12-13(21-17)11-19-16-8-4-3-7-14(16)15-9-5-6-10-18-15/h13-16,18-19H,3-12H2,1-2H3. The Balaban J connectivity index is 1.50. The highest BCUT2D eigenvalue weighted by atomic mass is 16.7. The van der Waals surface area contributed by atoms with Crippen molar-refractivity contribution in [3.05, 3.63) is 0 Å². The van der Waals surface area contributed by atoms with Gasteiger partial charge in [-0.3, -0.25) is 0 Å². The van der Waals surface area contributed by atoms with Gasteiger partial charge in [-0.05, 0) is 52.0 Å². The molecule has 1 aliphatic carbocycles. The highest BCUT2D eigenvalue weighted by molar-refractivity contribution is 4.91. The van der Waals surface area contributed by atoms with Crippen molar-refractivity contribution in [3.8, 4) is 0 Å². The highest BCUT2D eigenvalue weighted by Gasteiger charge is 2.35. The van der Waals surface area contributed by atoms with E-state index >= 15 is 0 Å². The van der Waals surface area contributed by atoms with E-state index in [2.05, 4.69) is 10.6 Å². The Kier molecular flexibility index (Phi) is 5.20. The molecular formula is C17H32N2O2. The van der Waals surface area contributed by atoms with Gasteiger partial charge in [0.15, 0.2) is 5.79 Å². The minimum atomic E-state index is -0.400. The van der Waals surface area contributed by atoms with Crippen LogP contribution in [0.15, 0.2) is 0 Å². The van der Waals surface area contributed by atoms with E-state index in [1.807, 2.05) is 13.8 Å². The lowest BCUT2D eigenvalue weighted by Gasteiger charge is -2.40. The summed E-state index contributed by atoms with van der Waals surface area (Å²) in [5, 5.41) is 7.57. The maximum absolute atomic E-state index is 5.92. The van der Waals surface area contributed by atoms with Crippen LogP contribution < -0.4 is 10.6 Å². The van der Waals surface area contributed by atoms with Gasteiger partial charge in [-0.25, -0.2) is 0 Å². The Hall–Kier alpha value is -0.160. The lowest BCUT2D eigenvalue weighted by atomic mass is 9.77. The fourth-order valence-corrected chi connectivity index (χ4v) is 4.29. The van der Waals surface area contributed by atoms with Gasteiger partial charge in [-0.15, -0.1) is 0 Å². The van der Waals surface area contributed by atoms with Crippen LogP contribution in [0.3, 0.4) is 0 Å². The molecule has 1 saturated carbocycles. The highest BCUT2D eigenvalue weighted by Crippen LogP contribution is 2.31. The molecule has 0 spiro atoms. The van der Waals surface area contributed by atoms with Crippen molar-refractivity contribution in [2.24, 2.45) is 5.92 Å². The van der Waals surface area contributed by atoms with Gasteiger partial charge in [0.25, 0.3) is 0 Å². The second kappa shape index (κ2) is 6.95. The van der Waals surface area contributed by atoms with Crippen LogP contribution in [0, 0.1) is 5.92 Å². The molecule has 0 aromatic carbocycles. The topological polar surface area (TPSA) is 42.5 Å². The zero-order chi connectivity index (χ0) is 14.7. The molecule has 2 saturated heterocycles. The third kappa shape index (κ3) is 4.19. The summed E-state index contributed by atoms with van der Waals surface area (Å²) in [6.45, 7) is 6.86. The summed E-state index contributed by atoms with van der Waals surface area (Å²) >= 11 is 0. The van der Waals surface area contributed by atoms with Crippen LogP contribution >= 0.6 is 0 Å². The fourth-order valence-electron chi connectivity index (χ4n) is 4.29. The van der Waals surface area contributed by atoms with Crippen LogP contribution in [0.4, 0.5) is 0 Å². The van der Waals surface area contributed by atoms with E-state index in [0.29, 0.717) is 6.04 Å². The lowest BCUT2D eigenvalue weighted by Crippen LogP contribution is -2.51. The van der Waals surface area contributed by atoms with E-state index in [1.54, 1.807) is 0 Å². The van der Waals surface area contributed by atoms with Crippen LogP contribution in [0.25, 0.3) is 0 Å². The summed E-state index contributed by atoms with van der Waals surface area (Å²) in [7, 11) is 0. The first-order valence-electron chi connectivity index (χ1n) is 8.92. The van der Waals surface area contributed by atoms with Crippen molar-refractivity contribution in [1.82, 2.24) is 10.6 Å². The van der Waals surface area contributed by atoms with Crippen LogP contribution in [-0.4, -0.2) is 43.7 Å². The van der Waals surface area contributed by atoms with Gasteiger partial charge in [-0.1, -0.05) is 19.3 Å². The van der Waals surface area contributed by atoms with E-state index in [4.69, 9.17) is 9.47 Å². The monoisotopic (exact) mass is 296 g/mol. The maximum Gasteiger partial charge on any atom is 0.163 e. The second-order valence-electron chi connectivity index (χ2n) is 7.47. The van der Waals surface area contributed by atoms with Gasteiger partial charge in [0.1, 0.15) is 0 Å². The third-order valence-corrected chi connectivity index (χ3v) is 5.36. The SMILES string of the molecule is CC1(C)OCC(CNC2CCCCC2C2CCCCN2)O1. The fraction of sp³-hybridized carbons (Fsp3) is 1.00. The molecule has 21 heavy (non-hydrogen) atoms. The van der Waals surface area contributed by atoms with Crippen molar-refractivity contribution in [1.29, 1.82) is 0 Å². The molecule has 2 N–H and O–H groups in total. The Morgan fingerprint density at radius 1 is 1.10 bits per heavy atom. The molecule has 0 aromatic rings. The zero-order valence-electron chi connectivity index (χ0n) is 13.7. The molecule has 2 heterocycles. The van der Waals surface area contributed by atoms with Crippen molar-refractivity contribution in [3.63, 3.8) is 0 Å². The van der Waals surface area contributed by atoms with Crippen molar-refractivity contribution in [2.75, 3.05) is 19.7 Å². The largest absolute Gasteiger partial charge is 0.348 e. The molecule has 3 fully saturated rings. The van der Waals surface area contributed by atoms with Crippen LogP contribution in [0.1, 0.15) is 58.8 Å². The zero-order valence-corrected chi connectivity index (χ0v) is 13.7. The van der Waals surface area contributed by atoms with Crippen molar-refractivity contribution in [2.45, 2.75) is 82.8 Å². The molecule has 0 aromatic heterocycles. The van der Waals surface area contributed by atoms with Gasteiger partial charge in [0.05, 0.1) is 12.7 Å². The van der Waals surface area contributed by atoms with Gasteiger partial charge in [0.2, 0.25) is 0 Å². The molecule has 2 aliphatic heterocycles. The Bertz CT molecular complexity index is 329. The smallest absolute Gasteiger partial charge is 0.163 e. The Morgan fingerprint density at radius 3 is 2.62 bits per heavy atom. The van der Waals surface area contributed by atoms with Crippen LogP contribution in [0.2, 0.25) is 0 Å². The number of ether oxygens (including phenoxy) is 2. The second-order valence-corrected chi connectivity index (χ2v) is 7.47. The van der Waals surface area contributed by atoms with Gasteiger partial charge < -0.3 is 20.1 Å². The van der Waals surface area contributed by atoms with Gasteiger partial charge >= 0.3 is 0 Å². The third-order valence-electron chi connectivity index (χ3n) is 5.36. The van der Waals surface area contributed by atoms with Gasteiger partial charge in [-0.2, -0.15) is 0 Å². The summed E-state index contributed by atoms with van der Waals surface area (Å²) in [5.41, 5.74) is 0. The minimum absolute atomic E-state index is 0.210. The lowest BCUT2D eigenvalue weighted by molar-refractivity contribution is -0.138. The maximum atomic E-state index is 5.92. The average molecular weight is 296 g/mol. The molecule has 3 aliphatic rings. The Labute approximate surface area is 129 Å².